The first-order chi connectivity index (χ1) is 30.8. The number of benzene rings is 2. The van der Waals surface area contributed by atoms with Crippen LogP contribution >= 0.6 is 23.2 Å². The Balaban J connectivity index is 0.884. The van der Waals surface area contributed by atoms with Crippen LogP contribution in [0.5, 0.6) is 11.5 Å². The van der Waals surface area contributed by atoms with Crippen LogP contribution in [0.1, 0.15) is 114 Å². The van der Waals surface area contributed by atoms with Crippen molar-refractivity contribution in [1.29, 1.82) is 0 Å². The standard InChI is InChI=1S/C47H54Cl2IN8O6/c1-22(2)37(54-45(60)25-11-12-25)47(62)58-14-6-8-32(58)43-53-39(41(49)56-43)27-16-29-21-63-33-17-26(15-28-20-64-34(18-27)36(29)35(28)33)38-40(48)55-42(52-38)31-7-5-13-57(31)46(61)30(19-50-23(3)4)51-44(59)24-9-10-24/h15-18,22-25,30-32,37H,5-14,19-21H2,1-4H3,(H,51,59)(H,52,55)(H,53,56)(H,54,60)/q-1/t30?,31-,32-,37-/m0/s1. The number of hydrogen-bond donors (Lipinski definition) is 4. The van der Waals surface area contributed by atoms with Crippen molar-refractivity contribution in [2.75, 3.05) is 17.5 Å². The third kappa shape index (κ3) is 8.37. The minimum atomic E-state index is -0.603. The normalized spacial score (nSPS) is 20.9. The van der Waals surface area contributed by atoms with Crippen LogP contribution in [0.15, 0.2) is 24.3 Å². The molecule has 2 saturated carbocycles. The van der Waals surface area contributed by atoms with Gasteiger partial charge in [0.1, 0.15) is 35.1 Å². The average Bonchev–Trinajstić information content (AvgIpc) is 4.12. The zero-order valence-electron chi connectivity index (χ0n) is 36.5. The summed E-state index contributed by atoms with van der Waals surface area (Å²) in [6.45, 7) is 10.0. The van der Waals surface area contributed by atoms with Gasteiger partial charge < -0.3 is 19.9 Å². The molecule has 10 rings (SSSR count). The van der Waals surface area contributed by atoms with E-state index in [9.17, 15) is 19.2 Å². The molecule has 2 aliphatic carbocycles. The summed E-state index contributed by atoms with van der Waals surface area (Å²) < 4.78 is 14.2. The molecular weight excluding hydrogens is 970 g/mol. The van der Waals surface area contributed by atoms with Crippen molar-refractivity contribution >= 4 is 46.8 Å². The summed E-state index contributed by atoms with van der Waals surface area (Å²) in [6, 6.07) is 6.32. The molecule has 0 spiro atoms. The van der Waals surface area contributed by atoms with E-state index in [1.165, 1.54) is 0 Å². The molecule has 340 valence electrons. The van der Waals surface area contributed by atoms with Crippen molar-refractivity contribution in [3.05, 3.63) is 57.3 Å². The molecule has 17 heteroatoms. The number of aromatic nitrogens is 4. The second-order valence-corrected chi connectivity index (χ2v) is 23.7. The molecule has 6 heterocycles. The summed E-state index contributed by atoms with van der Waals surface area (Å²) >= 11 is 13.6. The molecule has 0 bridgehead atoms. The van der Waals surface area contributed by atoms with Gasteiger partial charge in [-0.15, -0.1) is 0 Å². The van der Waals surface area contributed by atoms with Gasteiger partial charge in [0.15, 0.2) is 0 Å². The number of carbonyl (C=O) groups is 4. The van der Waals surface area contributed by atoms with Crippen LogP contribution in [0.4, 0.5) is 0 Å². The summed E-state index contributed by atoms with van der Waals surface area (Å²) in [4.78, 5) is 73.9. The quantitative estimate of drug-likeness (QED) is 0.106. The number of amides is 4. The second-order valence-electron chi connectivity index (χ2n) is 18.7. The van der Waals surface area contributed by atoms with E-state index in [-0.39, 0.29) is 87.9 Å². The molecule has 4 amide bonds. The molecule has 4 aliphatic heterocycles. The molecule has 1 unspecified atom stereocenters. The van der Waals surface area contributed by atoms with Crippen LogP contribution in [0.2, 0.25) is 10.3 Å². The number of halogens is 3. The summed E-state index contributed by atoms with van der Waals surface area (Å²) in [5, 5.41) is 6.88. The van der Waals surface area contributed by atoms with E-state index in [0.717, 1.165) is 84.7 Å². The Morgan fingerprint density at radius 2 is 1.20 bits per heavy atom. The van der Waals surface area contributed by atoms with Gasteiger partial charge in [0, 0.05) is 29.2 Å². The number of hydrogen-bond acceptors (Lipinski definition) is 8. The van der Waals surface area contributed by atoms with Crippen molar-refractivity contribution in [2.45, 2.75) is 120 Å². The van der Waals surface area contributed by atoms with E-state index >= 15 is 0 Å². The van der Waals surface area contributed by atoms with E-state index in [4.69, 9.17) is 42.6 Å². The zero-order chi connectivity index (χ0) is 44.6. The molecule has 4 aromatic rings. The fourth-order valence-electron chi connectivity index (χ4n) is 9.60. The van der Waals surface area contributed by atoms with Crippen molar-refractivity contribution in [3.63, 3.8) is 0 Å². The molecule has 4 N–H and O–H groups in total. The number of H-pyrrole nitrogens is 2. The molecule has 0 radical (unpaired) electrons. The van der Waals surface area contributed by atoms with Crippen molar-refractivity contribution in [1.82, 2.24) is 40.4 Å². The van der Waals surface area contributed by atoms with E-state index in [0.29, 0.717) is 66.3 Å². The fraction of sp³-hybridized carbons (Fsp3) is 0.532. The van der Waals surface area contributed by atoms with Gasteiger partial charge >= 0.3 is 209 Å². The number of rotatable bonds is 14. The molecule has 6 aliphatic rings. The Morgan fingerprint density at radius 3 is 1.67 bits per heavy atom. The first kappa shape index (κ1) is 43.5. The summed E-state index contributed by atoms with van der Waals surface area (Å²) in [6.07, 6.45) is 6.65. The summed E-state index contributed by atoms with van der Waals surface area (Å²) in [7, 11) is 0. The third-order valence-corrected chi connectivity index (χ3v) is 17.0. The van der Waals surface area contributed by atoms with Gasteiger partial charge in [0.05, 0.1) is 6.04 Å². The Bertz CT molecular complexity index is 2480. The van der Waals surface area contributed by atoms with Gasteiger partial charge in [-0.1, -0.05) is 25.4 Å². The van der Waals surface area contributed by atoms with Gasteiger partial charge in [-0.2, -0.15) is 0 Å². The number of nitrogens with one attached hydrogen (secondary N) is 4. The van der Waals surface area contributed by atoms with Gasteiger partial charge in [-0.3, -0.25) is 9.59 Å². The first-order valence-electron chi connectivity index (χ1n) is 22.7. The number of ether oxygens (including phenoxy) is 2. The number of likely N-dealkylation sites (tertiary alicyclic amines) is 2. The number of imidazole rings is 2. The molecule has 2 aromatic heterocycles. The predicted molar refractivity (Wildman–Crippen MR) is 237 cm³/mol. The van der Waals surface area contributed by atoms with Crippen molar-refractivity contribution < 1.29 is 49.9 Å². The summed E-state index contributed by atoms with van der Waals surface area (Å²) in [5.41, 5.74) is 6.49. The van der Waals surface area contributed by atoms with Crippen molar-refractivity contribution in [3.8, 4) is 45.1 Å². The topological polar surface area (TPSA) is 175 Å². The van der Waals surface area contributed by atoms with Crippen LogP contribution in [-0.2, 0) is 32.4 Å². The zero-order valence-corrected chi connectivity index (χ0v) is 40.2. The maximum absolute atomic E-state index is 14.1. The van der Waals surface area contributed by atoms with Gasteiger partial charge in [0.2, 0.25) is 11.8 Å². The Kier molecular flexibility index (Phi) is 11.9. The molecular formula is C47H54Cl2IN8O6-. The minimum absolute atomic E-state index is 0.00575. The molecule has 2 saturated heterocycles. The van der Waals surface area contributed by atoms with Crippen LogP contribution < -0.4 is 41.3 Å². The molecule has 2 aromatic carbocycles. The average molecular weight is 1020 g/mol. The fourth-order valence-corrected chi connectivity index (χ4v) is 12.2. The van der Waals surface area contributed by atoms with E-state index in [2.05, 4.69) is 34.4 Å². The molecule has 4 fully saturated rings. The maximum atomic E-state index is 14.1. The molecule has 64 heavy (non-hydrogen) atoms. The Morgan fingerprint density at radius 1 is 0.719 bits per heavy atom. The molecule has 4 atom stereocenters. The number of nitrogens with zero attached hydrogens (tertiary/aromatic N) is 4. The van der Waals surface area contributed by atoms with E-state index < -0.39 is 12.1 Å². The van der Waals surface area contributed by atoms with Crippen LogP contribution in [0, 0.1) is 17.8 Å². The summed E-state index contributed by atoms with van der Waals surface area (Å²) in [5.74, 6) is 2.45. The van der Waals surface area contributed by atoms with Crippen LogP contribution in [0.3, 0.4) is 0 Å². The van der Waals surface area contributed by atoms with Crippen LogP contribution in [-0.4, -0.2) is 86.9 Å². The third-order valence-electron chi connectivity index (χ3n) is 13.3. The first-order valence-corrected chi connectivity index (χ1v) is 26.3. The number of alkyl halides is 2. The van der Waals surface area contributed by atoms with Crippen LogP contribution in [0.25, 0.3) is 33.6 Å². The Labute approximate surface area is 392 Å². The van der Waals surface area contributed by atoms with Crippen molar-refractivity contribution in [2.24, 2.45) is 17.8 Å². The Hall–Kier alpha value is -4.35. The number of carbonyl (C=O) groups excluding carboxylic acids is 4. The molecule has 14 nitrogen and oxygen atoms in total. The number of aromatic amines is 2. The van der Waals surface area contributed by atoms with E-state index in [1.54, 1.807) is 0 Å². The van der Waals surface area contributed by atoms with Gasteiger partial charge in [-0.05, 0) is 43.7 Å². The van der Waals surface area contributed by atoms with E-state index in [1.807, 2.05) is 47.9 Å². The predicted octanol–water partition coefficient (Wildman–Crippen LogP) is 4.50. The van der Waals surface area contributed by atoms with Gasteiger partial charge in [0.25, 0.3) is 0 Å². The van der Waals surface area contributed by atoms with Gasteiger partial charge in [-0.25, -0.2) is 4.98 Å². The second kappa shape index (κ2) is 17.5. The SMILES string of the molecule is CC(C)[I-]CC(NC(=O)C1CC1)C(=O)N1CCC[C@H]1c1nc(-c2cc3c4c(c2)OCc2cc(-c5nc([C@@H]6CCCN6C(=O)[C@@H](NC(=O)C6CC6)C(C)C)[nH]c5Cl)cc(c2-4)OC3)c(Cl)[nH]1. The monoisotopic (exact) mass is 1020 g/mol.